The quantitative estimate of drug-likeness (QED) is 0.913. The van der Waals surface area contributed by atoms with Crippen molar-refractivity contribution in [2.24, 2.45) is 5.73 Å². The van der Waals surface area contributed by atoms with E-state index in [1.807, 2.05) is 23.3 Å². The van der Waals surface area contributed by atoms with Gasteiger partial charge in [0.25, 0.3) is 5.91 Å². The Balaban J connectivity index is 1.82. The maximum atomic E-state index is 13.4. The van der Waals surface area contributed by atoms with Crippen LogP contribution in [0.4, 0.5) is 0 Å². The van der Waals surface area contributed by atoms with Crippen LogP contribution >= 0.6 is 11.3 Å². The maximum Gasteiger partial charge on any atom is 0.274 e. The van der Waals surface area contributed by atoms with Gasteiger partial charge in [-0.1, -0.05) is 13.0 Å². The third-order valence-corrected chi connectivity index (χ3v) is 6.00. The van der Waals surface area contributed by atoms with Crippen LogP contribution in [-0.4, -0.2) is 34.8 Å². The molecule has 0 radical (unpaired) electrons. The number of thiazole rings is 1. The number of primary amides is 1. The van der Waals surface area contributed by atoms with Crippen LogP contribution in [0.1, 0.15) is 46.6 Å². The van der Waals surface area contributed by atoms with Crippen molar-refractivity contribution >= 4 is 23.2 Å². The van der Waals surface area contributed by atoms with Gasteiger partial charge < -0.3 is 15.4 Å². The van der Waals surface area contributed by atoms with E-state index in [1.165, 1.54) is 11.3 Å². The second kappa shape index (κ2) is 5.84. The van der Waals surface area contributed by atoms with E-state index in [0.29, 0.717) is 16.3 Å². The fourth-order valence-electron chi connectivity index (χ4n) is 3.73. The third kappa shape index (κ3) is 2.33. The summed E-state index contributed by atoms with van der Waals surface area (Å²) in [5.74, 6) is -0.240. The molecule has 130 valence electrons. The normalized spacial score (nSPS) is 24.8. The average molecular weight is 357 g/mol. The van der Waals surface area contributed by atoms with Crippen molar-refractivity contribution in [1.29, 1.82) is 0 Å². The minimum Gasteiger partial charge on any atom is -0.469 e. The Morgan fingerprint density at radius 3 is 2.76 bits per heavy atom. The lowest BCUT2D eigenvalue weighted by Gasteiger charge is -2.33. The average Bonchev–Trinajstić information content (AvgIpc) is 3.35. The molecule has 0 saturated carbocycles. The van der Waals surface area contributed by atoms with Crippen LogP contribution in [0.2, 0.25) is 0 Å². The molecule has 2 atom stereocenters. The predicted molar refractivity (Wildman–Crippen MR) is 93.6 cm³/mol. The van der Waals surface area contributed by atoms with Crippen molar-refractivity contribution in [1.82, 2.24) is 9.88 Å². The summed E-state index contributed by atoms with van der Waals surface area (Å²) in [5, 5.41) is 2.50. The molecule has 2 N–H and O–H groups in total. The van der Waals surface area contributed by atoms with Crippen molar-refractivity contribution in [3.05, 3.63) is 45.9 Å². The smallest absolute Gasteiger partial charge is 0.274 e. The first-order valence-electron chi connectivity index (χ1n) is 8.36. The summed E-state index contributed by atoms with van der Waals surface area (Å²) in [6, 6.07) is 5.13. The summed E-state index contributed by atoms with van der Waals surface area (Å²) in [5.41, 5.74) is 5.48. The van der Waals surface area contributed by atoms with Crippen LogP contribution in [0.5, 0.6) is 5.75 Å². The van der Waals surface area contributed by atoms with Gasteiger partial charge in [-0.2, -0.15) is 0 Å². The largest absolute Gasteiger partial charge is 0.469 e. The van der Waals surface area contributed by atoms with Gasteiger partial charge in [0.1, 0.15) is 10.8 Å². The minimum atomic E-state index is -1.17. The molecule has 6 nitrogen and oxygen atoms in total. The fourth-order valence-corrected chi connectivity index (χ4v) is 4.58. The lowest BCUT2D eigenvalue weighted by molar-refractivity contribution is -0.148. The molecule has 0 spiro atoms. The molecule has 7 heteroatoms. The van der Waals surface area contributed by atoms with E-state index >= 15 is 0 Å². The first kappa shape index (κ1) is 16.1. The number of carbonyl (C=O) groups excluding carboxylic acids is 2. The molecule has 1 aromatic carbocycles. The van der Waals surface area contributed by atoms with Gasteiger partial charge in [-0.25, -0.2) is 4.98 Å². The standard InChI is InChI=1S/C18H19N3O3S/c1-11-13-5-4-12(15(19)22)10-14(13)24-18(11,16-20-6-9-25-16)17(23)21-7-2-3-8-21/h4-6,9-11H,2-3,7-8H2,1H3,(H2,19,22). The van der Waals surface area contributed by atoms with Crippen LogP contribution in [-0.2, 0) is 10.4 Å². The zero-order chi connectivity index (χ0) is 17.6. The van der Waals surface area contributed by atoms with Gasteiger partial charge in [-0.15, -0.1) is 11.3 Å². The number of aromatic nitrogens is 1. The number of rotatable bonds is 3. The Kier molecular flexibility index (Phi) is 3.76. The summed E-state index contributed by atoms with van der Waals surface area (Å²) in [6.07, 6.45) is 3.70. The first-order valence-corrected chi connectivity index (χ1v) is 9.24. The monoisotopic (exact) mass is 357 g/mol. The molecular weight excluding hydrogens is 338 g/mol. The molecule has 2 aliphatic heterocycles. The zero-order valence-corrected chi connectivity index (χ0v) is 14.7. The molecule has 2 aliphatic rings. The number of nitrogens with two attached hydrogens (primary N) is 1. The van der Waals surface area contributed by atoms with Crippen molar-refractivity contribution in [2.45, 2.75) is 31.3 Å². The Morgan fingerprint density at radius 2 is 2.12 bits per heavy atom. The SMILES string of the molecule is CC1c2ccc(C(N)=O)cc2OC1(C(=O)N1CCCC1)c1nccs1. The van der Waals surface area contributed by atoms with Crippen molar-refractivity contribution in [2.75, 3.05) is 13.1 Å². The van der Waals surface area contributed by atoms with Crippen LogP contribution in [0, 0.1) is 0 Å². The molecule has 2 aromatic rings. The molecule has 2 unspecified atom stereocenters. The Morgan fingerprint density at radius 1 is 1.36 bits per heavy atom. The van der Waals surface area contributed by atoms with E-state index in [2.05, 4.69) is 4.98 Å². The van der Waals surface area contributed by atoms with Crippen LogP contribution in [0.15, 0.2) is 29.8 Å². The summed E-state index contributed by atoms with van der Waals surface area (Å²) < 4.78 is 6.27. The molecule has 25 heavy (non-hydrogen) atoms. The molecule has 1 fully saturated rings. The number of nitrogens with zero attached hydrogens (tertiary/aromatic N) is 2. The highest BCUT2D eigenvalue weighted by Crippen LogP contribution is 2.52. The number of ether oxygens (including phenoxy) is 1. The lowest BCUT2D eigenvalue weighted by Crippen LogP contribution is -2.50. The maximum absolute atomic E-state index is 13.4. The number of likely N-dealkylation sites (tertiary alicyclic amines) is 1. The van der Waals surface area contributed by atoms with Crippen LogP contribution < -0.4 is 10.5 Å². The summed E-state index contributed by atoms with van der Waals surface area (Å²) in [6.45, 7) is 3.46. The van der Waals surface area contributed by atoms with E-state index < -0.39 is 11.5 Å². The van der Waals surface area contributed by atoms with Crippen LogP contribution in [0.3, 0.4) is 0 Å². The highest BCUT2D eigenvalue weighted by Gasteiger charge is 2.57. The number of fused-ring (bicyclic) bond motifs is 1. The highest BCUT2D eigenvalue weighted by molar-refractivity contribution is 7.09. The Hall–Kier alpha value is -2.41. The van der Waals surface area contributed by atoms with Crippen molar-refractivity contribution in [3.63, 3.8) is 0 Å². The van der Waals surface area contributed by atoms with E-state index in [-0.39, 0.29) is 11.8 Å². The van der Waals surface area contributed by atoms with Crippen LogP contribution in [0.25, 0.3) is 0 Å². The van der Waals surface area contributed by atoms with Gasteiger partial charge in [0.05, 0.1) is 0 Å². The molecule has 0 aliphatic carbocycles. The van der Waals surface area contributed by atoms with Gasteiger partial charge in [0, 0.05) is 41.7 Å². The molecule has 1 aromatic heterocycles. The lowest BCUT2D eigenvalue weighted by atomic mass is 9.84. The summed E-state index contributed by atoms with van der Waals surface area (Å²) in [4.78, 5) is 31.2. The fraction of sp³-hybridized carbons (Fsp3) is 0.389. The molecule has 0 bridgehead atoms. The number of benzene rings is 1. The second-order valence-corrected chi connectivity index (χ2v) is 7.41. The zero-order valence-electron chi connectivity index (χ0n) is 13.9. The second-order valence-electron chi connectivity index (χ2n) is 6.51. The molecule has 4 rings (SSSR count). The third-order valence-electron chi connectivity index (χ3n) is 5.11. The Bertz CT molecular complexity index is 830. The summed E-state index contributed by atoms with van der Waals surface area (Å²) in [7, 11) is 0. The predicted octanol–water partition coefficient (Wildman–Crippen LogP) is 2.26. The van der Waals surface area contributed by atoms with Crippen molar-refractivity contribution < 1.29 is 14.3 Å². The van der Waals surface area contributed by atoms with Gasteiger partial charge in [0.2, 0.25) is 11.5 Å². The number of carbonyl (C=O) groups is 2. The van der Waals surface area contributed by atoms with Gasteiger partial charge in [0.15, 0.2) is 0 Å². The molecule has 2 amide bonds. The van der Waals surface area contributed by atoms with Gasteiger partial charge in [-0.3, -0.25) is 9.59 Å². The topological polar surface area (TPSA) is 85.5 Å². The number of hydrogen-bond acceptors (Lipinski definition) is 5. The summed E-state index contributed by atoms with van der Waals surface area (Å²) >= 11 is 1.42. The Labute approximate surface area is 149 Å². The van der Waals surface area contributed by atoms with Crippen molar-refractivity contribution in [3.8, 4) is 5.75 Å². The highest BCUT2D eigenvalue weighted by atomic mass is 32.1. The number of hydrogen-bond donors (Lipinski definition) is 1. The molecule has 3 heterocycles. The van der Waals surface area contributed by atoms with Gasteiger partial charge >= 0.3 is 0 Å². The van der Waals surface area contributed by atoms with E-state index in [4.69, 9.17) is 10.5 Å². The van der Waals surface area contributed by atoms with E-state index in [9.17, 15) is 9.59 Å². The first-order chi connectivity index (χ1) is 12.0. The van der Waals surface area contributed by atoms with E-state index in [0.717, 1.165) is 31.5 Å². The van der Waals surface area contributed by atoms with E-state index in [1.54, 1.807) is 18.3 Å². The number of amides is 2. The minimum absolute atomic E-state index is 0.0516. The van der Waals surface area contributed by atoms with Gasteiger partial charge in [-0.05, 0) is 25.0 Å². The molecule has 1 saturated heterocycles. The molecular formula is C18H19N3O3S.